The number of ketones is 1. The molecule has 0 radical (unpaired) electrons. The number of azide groups is 1. The van der Waals surface area contributed by atoms with E-state index in [0.717, 1.165) is 19.3 Å². The Morgan fingerprint density at radius 3 is 2.29 bits per heavy atom. The zero-order valence-electron chi connectivity index (χ0n) is 34.7. The quantitative estimate of drug-likeness (QED) is 0.136. The van der Waals surface area contributed by atoms with E-state index in [0.29, 0.717) is 37.7 Å². The fourth-order valence-electron chi connectivity index (χ4n) is 11.2. The minimum Gasteiger partial charge on any atom is -0.462 e. The summed E-state index contributed by atoms with van der Waals surface area (Å²) in [6, 6.07) is -0.575. The standard InChI is InChI=1S/C41H66N4O11/c1-10-23-12-11-13-31(56-33-15-14-30(45(5)6)21(3)52-33)20(2)36(47)29-18-26-25-16-24(55-41-40(51-9)39(50-8)38(49-7)22(4)53-41)17-28(25)37(48)35(43-44-42)34(26)27(29)19-32(46)54-23/h18,20-28,30-31,33-35,37-41,48H,10-17,19H2,1-9H3/t20-,21?,22-,23+,24+,25+,26+,27-,28-,30+,31+,33+,34-,35?,37?,38+,39?,40?,41+/m1/s1. The topological polar surface area (TPSA) is 180 Å². The van der Waals surface area contributed by atoms with Crippen molar-refractivity contribution in [2.24, 2.45) is 40.6 Å². The maximum Gasteiger partial charge on any atom is 0.306 e. The SMILES string of the molecule is CC[C@H]1CCC[C@H](O[C@H]2CC[C@H](N(C)C)C(C)O2)[C@@H](C)C(=O)C2=C[C@H]3[C@@H]4C[C@H](O[C@@H]5O[C@H](C)[C@H](OC)C(OC)C5OC)C[C@H]4C(O)C(N=[N+]=[N-])[C@H]3[C@@H]2CC(=O)O1. The molecule has 0 amide bonds. The zero-order valence-corrected chi connectivity index (χ0v) is 34.7. The van der Waals surface area contributed by atoms with Crippen LogP contribution in [0.3, 0.4) is 0 Å². The van der Waals surface area contributed by atoms with Crippen molar-refractivity contribution in [1.82, 2.24) is 4.90 Å². The largest absolute Gasteiger partial charge is 0.462 e. The van der Waals surface area contributed by atoms with E-state index in [-0.39, 0.29) is 72.5 Å². The number of carbonyl (C=O) groups excluding carboxylic acids is 2. The molecule has 3 aliphatic carbocycles. The van der Waals surface area contributed by atoms with Crippen LogP contribution in [0.15, 0.2) is 16.8 Å². The van der Waals surface area contributed by atoms with Gasteiger partial charge in [0.2, 0.25) is 0 Å². The highest BCUT2D eigenvalue weighted by Crippen LogP contribution is 2.58. The molecule has 0 spiro atoms. The molecule has 0 bridgehead atoms. The molecule has 15 heteroatoms. The van der Waals surface area contributed by atoms with Crippen molar-refractivity contribution < 1.29 is 52.6 Å². The summed E-state index contributed by atoms with van der Waals surface area (Å²) in [6.07, 6.45) is 2.44. The van der Waals surface area contributed by atoms with Crippen LogP contribution >= 0.6 is 0 Å². The normalized spacial score (nSPS) is 46.1. The molecule has 15 nitrogen and oxygen atoms in total. The second-order valence-corrected chi connectivity index (χ2v) is 17.3. The molecule has 1 N–H and O–H groups in total. The third kappa shape index (κ3) is 8.73. The van der Waals surface area contributed by atoms with Crippen molar-refractivity contribution in [2.75, 3.05) is 35.4 Å². The molecule has 3 saturated heterocycles. The molecule has 56 heavy (non-hydrogen) atoms. The Bertz CT molecular complexity index is 1440. The lowest BCUT2D eigenvalue weighted by Crippen LogP contribution is -2.59. The number of esters is 1. The Morgan fingerprint density at radius 2 is 1.64 bits per heavy atom. The second-order valence-electron chi connectivity index (χ2n) is 17.3. The molecular weight excluding hydrogens is 724 g/mol. The molecule has 2 saturated carbocycles. The predicted octanol–water partition coefficient (Wildman–Crippen LogP) is 4.97. The van der Waals surface area contributed by atoms with Gasteiger partial charge in [-0.15, -0.1) is 0 Å². The van der Waals surface area contributed by atoms with E-state index >= 15 is 0 Å². The average molecular weight is 791 g/mol. The Hall–Kier alpha value is -2.17. The fraction of sp³-hybridized carbons (Fsp3) is 0.902. The van der Waals surface area contributed by atoms with Gasteiger partial charge in [0.25, 0.3) is 0 Å². The van der Waals surface area contributed by atoms with Crippen LogP contribution in [0, 0.1) is 35.5 Å². The van der Waals surface area contributed by atoms with Crippen molar-refractivity contribution >= 4 is 11.8 Å². The van der Waals surface area contributed by atoms with Gasteiger partial charge in [-0.3, -0.25) is 9.59 Å². The molecular formula is C41H66N4O11. The van der Waals surface area contributed by atoms with Crippen LogP contribution in [0.25, 0.3) is 10.4 Å². The van der Waals surface area contributed by atoms with E-state index < -0.39 is 60.8 Å². The van der Waals surface area contributed by atoms with Crippen LogP contribution in [-0.2, 0) is 47.5 Å². The van der Waals surface area contributed by atoms with Gasteiger partial charge < -0.3 is 47.9 Å². The number of aliphatic hydroxyl groups is 1. The molecule has 316 valence electrons. The Balaban J connectivity index is 1.29. The second kappa shape index (κ2) is 18.8. The number of methoxy groups -OCH3 is 3. The summed E-state index contributed by atoms with van der Waals surface area (Å²) in [4.78, 5) is 33.9. The zero-order chi connectivity index (χ0) is 40.4. The first-order valence-corrected chi connectivity index (χ1v) is 20.9. The molecule has 3 aliphatic heterocycles. The molecule has 5 fully saturated rings. The summed E-state index contributed by atoms with van der Waals surface area (Å²) in [5.74, 6) is -2.72. The number of Topliss-reactive ketones (excluding diaryl/α,β-unsaturated/α-hetero) is 1. The number of hydrogen-bond acceptors (Lipinski definition) is 13. The summed E-state index contributed by atoms with van der Waals surface area (Å²) in [7, 11) is 8.92. The van der Waals surface area contributed by atoms with E-state index in [1.54, 1.807) is 21.3 Å². The van der Waals surface area contributed by atoms with Crippen LogP contribution in [0.1, 0.15) is 85.5 Å². The molecule has 19 atom stereocenters. The summed E-state index contributed by atoms with van der Waals surface area (Å²) < 4.78 is 49.4. The molecule has 0 aromatic heterocycles. The van der Waals surface area contributed by atoms with Gasteiger partial charge in [-0.05, 0) is 114 Å². The highest BCUT2D eigenvalue weighted by Gasteiger charge is 2.59. The van der Waals surface area contributed by atoms with Crippen LogP contribution in [-0.4, -0.2) is 137 Å². The van der Waals surface area contributed by atoms with Gasteiger partial charge in [-0.1, -0.05) is 25.0 Å². The fourth-order valence-corrected chi connectivity index (χ4v) is 11.2. The van der Waals surface area contributed by atoms with Gasteiger partial charge in [0.1, 0.15) is 24.4 Å². The number of ether oxygens (including phenoxy) is 8. The molecule has 0 aromatic carbocycles. The highest BCUT2D eigenvalue weighted by molar-refractivity contribution is 5.99. The molecule has 6 rings (SSSR count). The number of hydrogen-bond donors (Lipinski definition) is 1. The van der Waals surface area contributed by atoms with E-state index in [4.69, 9.17) is 37.9 Å². The molecule has 3 heterocycles. The number of rotatable bonds is 10. The van der Waals surface area contributed by atoms with Crippen LogP contribution < -0.4 is 0 Å². The molecule has 6 aliphatic rings. The summed E-state index contributed by atoms with van der Waals surface area (Å²) >= 11 is 0. The number of likely N-dealkylation sites (N-methyl/N-ethyl adjacent to an activating group) is 1. The average Bonchev–Trinajstić information content (AvgIpc) is 3.76. The lowest BCUT2D eigenvalue weighted by atomic mass is 9.62. The first-order chi connectivity index (χ1) is 26.8. The van der Waals surface area contributed by atoms with Gasteiger partial charge in [0, 0.05) is 44.1 Å². The minimum atomic E-state index is -1.01. The monoisotopic (exact) mass is 790 g/mol. The van der Waals surface area contributed by atoms with Crippen molar-refractivity contribution in [2.45, 2.75) is 165 Å². The number of carbonyl (C=O) groups is 2. The molecule has 0 aromatic rings. The number of nitrogens with zero attached hydrogens (tertiary/aromatic N) is 4. The number of fused-ring (bicyclic) bond motifs is 5. The third-order valence-corrected chi connectivity index (χ3v) is 14.0. The first-order valence-electron chi connectivity index (χ1n) is 20.9. The number of cyclic esters (lactones) is 1. The highest BCUT2D eigenvalue weighted by atomic mass is 16.7. The van der Waals surface area contributed by atoms with Gasteiger partial charge in [-0.25, -0.2) is 0 Å². The van der Waals surface area contributed by atoms with Gasteiger partial charge >= 0.3 is 5.97 Å². The van der Waals surface area contributed by atoms with E-state index in [1.165, 1.54) is 0 Å². The smallest absolute Gasteiger partial charge is 0.306 e. The van der Waals surface area contributed by atoms with E-state index in [1.807, 2.05) is 26.8 Å². The third-order valence-electron chi connectivity index (χ3n) is 14.0. The summed E-state index contributed by atoms with van der Waals surface area (Å²) in [5, 5.41) is 16.2. The van der Waals surface area contributed by atoms with Crippen molar-refractivity contribution in [3.8, 4) is 0 Å². The van der Waals surface area contributed by atoms with E-state index in [2.05, 4.69) is 35.9 Å². The lowest BCUT2D eigenvalue weighted by Gasteiger charge is -2.45. The number of allylic oxidation sites excluding steroid dienone is 2. The Kier molecular flexibility index (Phi) is 14.6. The maximum absolute atomic E-state index is 14.9. The van der Waals surface area contributed by atoms with E-state index in [9.17, 15) is 20.2 Å². The Labute approximate surface area is 332 Å². The van der Waals surface area contributed by atoms with Gasteiger partial charge in [-0.2, -0.15) is 0 Å². The van der Waals surface area contributed by atoms with Crippen LogP contribution in [0.5, 0.6) is 0 Å². The number of aliphatic hydroxyl groups excluding tert-OH is 1. The van der Waals surface area contributed by atoms with Crippen molar-refractivity contribution in [3.05, 3.63) is 22.1 Å². The van der Waals surface area contributed by atoms with Gasteiger partial charge in [0.15, 0.2) is 18.4 Å². The first kappa shape index (κ1) is 43.4. The van der Waals surface area contributed by atoms with Crippen LogP contribution in [0.4, 0.5) is 0 Å². The minimum absolute atomic E-state index is 0.0247. The predicted molar refractivity (Wildman–Crippen MR) is 204 cm³/mol. The summed E-state index contributed by atoms with van der Waals surface area (Å²) in [6.45, 7) is 7.90. The Morgan fingerprint density at radius 1 is 0.929 bits per heavy atom. The van der Waals surface area contributed by atoms with Crippen molar-refractivity contribution in [1.29, 1.82) is 0 Å². The molecule has 5 unspecified atom stereocenters. The summed E-state index contributed by atoms with van der Waals surface area (Å²) in [5.41, 5.74) is 10.3. The van der Waals surface area contributed by atoms with Crippen molar-refractivity contribution in [3.63, 3.8) is 0 Å². The lowest BCUT2D eigenvalue weighted by molar-refractivity contribution is -0.314. The van der Waals surface area contributed by atoms with Gasteiger partial charge in [0.05, 0.1) is 43.0 Å². The van der Waals surface area contributed by atoms with Crippen LogP contribution in [0.2, 0.25) is 0 Å². The maximum atomic E-state index is 14.9.